The van der Waals surface area contributed by atoms with Gasteiger partial charge in [-0.05, 0) is 37.3 Å². The highest BCUT2D eigenvalue weighted by Gasteiger charge is 2.13. The van der Waals surface area contributed by atoms with Crippen molar-refractivity contribution < 1.29 is 0 Å². The fourth-order valence-electron chi connectivity index (χ4n) is 2.32. The maximum atomic E-state index is 6.12. The van der Waals surface area contributed by atoms with E-state index in [1.165, 1.54) is 17.7 Å². The molecule has 19 heavy (non-hydrogen) atoms. The maximum absolute atomic E-state index is 6.12. The van der Waals surface area contributed by atoms with Crippen LogP contribution in [0.25, 0.3) is 0 Å². The van der Waals surface area contributed by atoms with Gasteiger partial charge in [-0.15, -0.1) is 0 Å². The highest BCUT2D eigenvalue weighted by atomic mass is 15.1. The summed E-state index contributed by atoms with van der Waals surface area (Å²) in [5.74, 6) is 0.729. The first-order valence-corrected chi connectivity index (χ1v) is 7.70. The summed E-state index contributed by atoms with van der Waals surface area (Å²) in [7, 11) is 0. The highest BCUT2D eigenvalue weighted by Crippen LogP contribution is 2.23. The standard InChI is InChI=1S/C17H30N2/c1-5-14(4)13-19(7-3)17-11-9-8-10-15(17)12-16(18)6-2/h8-11,14,16H,5-7,12-13,18H2,1-4H3. The van der Waals surface area contributed by atoms with Gasteiger partial charge in [-0.2, -0.15) is 0 Å². The van der Waals surface area contributed by atoms with Crippen LogP contribution < -0.4 is 10.6 Å². The van der Waals surface area contributed by atoms with E-state index in [0.717, 1.165) is 31.8 Å². The first kappa shape index (κ1) is 16.0. The molecule has 2 unspecified atom stereocenters. The van der Waals surface area contributed by atoms with Crippen molar-refractivity contribution in [2.75, 3.05) is 18.0 Å². The Kier molecular flexibility index (Phi) is 6.93. The average Bonchev–Trinajstić information content (AvgIpc) is 2.45. The first-order valence-electron chi connectivity index (χ1n) is 7.70. The van der Waals surface area contributed by atoms with E-state index >= 15 is 0 Å². The lowest BCUT2D eigenvalue weighted by molar-refractivity contribution is 0.546. The van der Waals surface area contributed by atoms with Crippen LogP contribution in [0.3, 0.4) is 0 Å². The van der Waals surface area contributed by atoms with E-state index in [0.29, 0.717) is 0 Å². The Hall–Kier alpha value is -1.02. The van der Waals surface area contributed by atoms with Gasteiger partial charge in [-0.3, -0.25) is 0 Å². The molecule has 108 valence electrons. The molecule has 0 aliphatic rings. The molecule has 0 saturated carbocycles. The summed E-state index contributed by atoms with van der Waals surface area (Å²) < 4.78 is 0. The van der Waals surface area contributed by atoms with E-state index in [1.54, 1.807) is 0 Å². The van der Waals surface area contributed by atoms with Crippen molar-refractivity contribution in [2.45, 2.75) is 53.0 Å². The molecular formula is C17H30N2. The summed E-state index contributed by atoms with van der Waals surface area (Å²) in [6.45, 7) is 11.2. The molecule has 0 amide bonds. The third-order valence-electron chi connectivity index (χ3n) is 3.95. The number of rotatable bonds is 8. The topological polar surface area (TPSA) is 29.3 Å². The van der Waals surface area contributed by atoms with Crippen LogP contribution in [-0.2, 0) is 6.42 Å². The van der Waals surface area contributed by atoms with Gasteiger partial charge in [-0.25, -0.2) is 0 Å². The molecule has 0 radical (unpaired) electrons. The summed E-state index contributed by atoms with van der Waals surface area (Å²) in [6, 6.07) is 8.99. The van der Waals surface area contributed by atoms with Crippen LogP contribution >= 0.6 is 0 Å². The summed E-state index contributed by atoms with van der Waals surface area (Å²) in [4.78, 5) is 2.49. The third-order valence-corrected chi connectivity index (χ3v) is 3.95. The third kappa shape index (κ3) is 4.87. The molecule has 1 rings (SSSR count). The second kappa shape index (κ2) is 8.21. The van der Waals surface area contributed by atoms with Crippen molar-refractivity contribution in [3.63, 3.8) is 0 Å². The SMILES string of the molecule is CCC(C)CN(CC)c1ccccc1CC(N)CC. The Balaban J connectivity index is 2.89. The van der Waals surface area contributed by atoms with Crippen LogP contribution in [0.2, 0.25) is 0 Å². The molecule has 0 aliphatic heterocycles. The second-order valence-corrected chi connectivity index (χ2v) is 5.55. The van der Waals surface area contributed by atoms with Gasteiger partial charge in [0, 0.05) is 24.8 Å². The van der Waals surface area contributed by atoms with E-state index in [4.69, 9.17) is 5.73 Å². The zero-order valence-corrected chi connectivity index (χ0v) is 13.0. The van der Waals surface area contributed by atoms with Crippen LogP contribution in [0.4, 0.5) is 5.69 Å². The molecule has 0 aliphatic carbocycles. The Morgan fingerprint density at radius 3 is 2.37 bits per heavy atom. The second-order valence-electron chi connectivity index (χ2n) is 5.55. The molecule has 2 atom stereocenters. The average molecular weight is 262 g/mol. The van der Waals surface area contributed by atoms with Crippen molar-refractivity contribution in [1.29, 1.82) is 0 Å². The van der Waals surface area contributed by atoms with Crippen molar-refractivity contribution in [2.24, 2.45) is 11.7 Å². The molecule has 0 fully saturated rings. The summed E-state index contributed by atoms with van der Waals surface area (Å²) >= 11 is 0. The first-order chi connectivity index (χ1) is 9.12. The van der Waals surface area contributed by atoms with Crippen LogP contribution in [0.1, 0.15) is 46.1 Å². The summed E-state index contributed by atoms with van der Waals surface area (Å²) in [5.41, 5.74) is 8.88. The fourth-order valence-corrected chi connectivity index (χ4v) is 2.32. The van der Waals surface area contributed by atoms with Crippen LogP contribution in [-0.4, -0.2) is 19.1 Å². The Morgan fingerprint density at radius 1 is 1.11 bits per heavy atom. The van der Waals surface area contributed by atoms with Gasteiger partial charge in [-0.1, -0.05) is 45.4 Å². The molecule has 2 nitrogen and oxygen atoms in total. The minimum Gasteiger partial charge on any atom is -0.371 e. The number of para-hydroxylation sites is 1. The number of hydrogen-bond donors (Lipinski definition) is 1. The highest BCUT2D eigenvalue weighted by molar-refractivity contribution is 5.54. The quantitative estimate of drug-likeness (QED) is 0.771. The Morgan fingerprint density at radius 2 is 1.79 bits per heavy atom. The Bertz CT molecular complexity index is 362. The van der Waals surface area contributed by atoms with Gasteiger partial charge in [0.15, 0.2) is 0 Å². The van der Waals surface area contributed by atoms with Crippen molar-refractivity contribution in [3.05, 3.63) is 29.8 Å². The van der Waals surface area contributed by atoms with Gasteiger partial charge >= 0.3 is 0 Å². The van der Waals surface area contributed by atoms with Gasteiger partial charge in [0.05, 0.1) is 0 Å². The van der Waals surface area contributed by atoms with E-state index in [2.05, 4.69) is 56.9 Å². The van der Waals surface area contributed by atoms with E-state index < -0.39 is 0 Å². The van der Waals surface area contributed by atoms with E-state index in [1.807, 2.05) is 0 Å². The lowest BCUT2D eigenvalue weighted by Crippen LogP contribution is -2.30. The van der Waals surface area contributed by atoms with Crippen molar-refractivity contribution >= 4 is 5.69 Å². The lowest BCUT2D eigenvalue weighted by atomic mass is 10.0. The van der Waals surface area contributed by atoms with Crippen LogP contribution in [0.15, 0.2) is 24.3 Å². The molecule has 0 saturated heterocycles. The molecular weight excluding hydrogens is 232 g/mol. The molecule has 2 N–H and O–H groups in total. The lowest BCUT2D eigenvalue weighted by Gasteiger charge is -2.29. The minimum atomic E-state index is 0.267. The fraction of sp³-hybridized carbons (Fsp3) is 0.647. The van der Waals surface area contributed by atoms with Gasteiger partial charge in [0.2, 0.25) is 0 Å². The number of benzene rings is 1. The molecule has 0 heterocycles. The molecule has 2 heteroatoms. The zero-order chi connectivity index (χ0) is 14.3. The Labute approximate surface area is 119 Å². The van der Waals surface area contributed by atoms with Crippen LogP contribution in [0, 0.1) is 5.92 Å². The van der Waals surface area contributed by atoms with Crippen molar-refractivity contribution in [1.82, 2.24) is 0 Å². The van der Waals surface area contributed by atoms with E-state index in [-0.39, 0.29) is 6.04 Å². The largest absolute Gasteiger partial charge is 0.371 e. The summed E-state index contributed by atoms with van der Waals surface area (Å²) in [6.07, 6.45) is 3.24. The molecule has 1 aromatic rings. The molecule has 0 spiro atoms. The van der Waals surface area contributed by atoms with E-state index in [9.17, 15) is 0 Å². The van der Waals surface area contributed by atoms with Gasteiger partial charge in [0.25, 0.3) is 0 Å². The molecule has 0 aromatic heterocycles. The summed E-state index contributed by atoms with van der Waals surface area (Å²) in [5, 5.41) is 0. The number of nitrogens with zero attached hydrogens (tertiary/aromatic N) is 1. The number of anilines is 1. The smallest absolute Gasteiger partial charge is 0.0399 e. The number of hydrogen-bond acceptors (Lipinski definition) is 2. The predicted molar refractivity (Wildman–Crippen MR) is 85.8 cm³/mol. The predicted octanol–water partition coefficient (Wildman–Crippen LogP) is 3.84. The van der Waals surface area contributed by atoms with Gasteiger partial charge < -0.3 is 10.6 Å². The van der Waals surface area contributed by atoms with Crippen molar-refractivity contribution in [3.8, 4) is 0 Å². The maximum Gasteiger partial charge on any atom is 0.0399 e. The molecule has 1 aromatic carbocycles. The normalized spacial score (nSPS) is 14.2. The minimum absolute atomic E-state index is 0.267. The zero-order valence-electron chi connectivity index (χ0n) is 13.0. The number of nitrogens with two attached hydrogens (primary N) is 1. The van der Waals surface area contributed by atoms with Gasteiger partial charge in [0.1, 0.15) is 0 Å². The van der Waals surface area contributed by atoms with Crippen LogP contribution in [0.5, 0.6) is 0 Å². The molecule has 0 bridgehead atoms. The monoisotopic (exact) mass is 262 g/mol.